The molecule has 1 fully saturated rings. The number of piperidine rings is 1. The molecule has 3 N–H and O–H groups in total. The number of rotatable bonds is 8. The smallest absolute Gasteiger partial charge is 0.425 e. The number of methoxy groups -OCH3 is 1. The SMILES string of the molecule is C=C(/N=C1/CCN(c2ccc(C(C)(C)NC(=O)OCc3ccccc3)cc2)C(=O)/C1=C(/N)N(C(=O)OC(C)(C)C)C(=O)OC(C)(C)C)OC. The Balaban J connectivity index is 1.97. The molecule has 0 aliphatic carbocycles. The van der Waals surface area contributed by atoms with E-state index in [0.29, 0.717) is 10.6 Å². The van der Waals surface area contributed by atoms with Gasteiger partial charge in [-0.25, -0.2) is 19.4 Å². The van der Waals surface area contributed by atoms with Crippen molar-refractivity contribution in [3.63, 3.8) is 0 Å². The standard InChI is InChI=1S/C36H47N5O8/c1-23(46-10)38-27-20-21-40(30(42)28(27)29(37)41(32(44)48-34(2,3)4)33(45)49-35(5,6)7)26-18-16-25(17-19-26)36(8,9)39-31(43)47-22-24-14-12-11-13-15-24/h11-19H,1,20-22,37H2,2-10H3,(H,39,43)/b29-28-,38-27-. The zero-order chi connectivity index (χ0) is 36.7. The second-order valence-electron chi connectivity index (χ2n) is 13.8. The molecular weight excluding hydrogens is 630 g/mol. The number of carbonyl (C=O) groups excluding carboxylic acids is 4. The van der Waals surface area contributed by atoms with Gasteiger partial charge in [-0.15, -0.1) is 0 Å². The van der Waals surface area contributed by atoms with E-state index >= 15 is 0 Å². The fourth-order valence-electron chi connectivity index (χ4n) is 4.66. The minimum atomic E-state index is -1.14. The van der Waals surface area contributed by atoms with Crippen molar-refractivity contribution in [3.8, 4) is 0 Å². The lowest BCUT2D eigenvalue weighted by molar-refractivity contribution is -0.115. The number of aliphatic imine (C=N–C) groups is 1. The van der Waals surface area contributed by atoms with Crippen LogP contribution in [0.4, 0.5) is 20.1 Å². The van der Waals surface area contributed by atoms with E-state index in [9.17, 15) is 19.2 Å². The van der Waals surface area contributed by atoms with Gasteiger partial charge in [0, 0.05) is 18.7 Å². The van der Waals surface area contributed by atoms with Crippen molar-refractivity contribution in [2.24, 2.45) is 10.7 Å². The molecule has 2 aromatic carbocycles. The van der Waals surface area contributed by atoms with Crippen molar-refractivity contribution < 1.29 is 38.1 Å². The summed E-state index contributed by atoms with van der Waals surface area (Å²) in [6.07, 6.45) is -2.69. The predicted molar refractivity (Wildman–Crippen MR) is 185 cm³/mol. The Bertz CT molecular complexity index is 1590. The van der Waals surface area contributed by atoms with E-state index in [2.05, 4.69) is 16.9 Å². The maximum Gasteiger partial charge on any atom is 0.425 e. The summed E-state index contributed by atoms with van der Waals surface area (Å²) in [6.45, 7) is 17.4. The third-order valence-electron chi connectivity index (χ3n) is 6.99. The van der Waals surface area contributed by atoms with Crippen LogP contribution < -0.4 is 16.0 Å². The lowest BCUT2D eigenvalue weighted by Crippen LogP contribution is -2.49. The van der Waals surface area contributed by atoms with Crippen LogP contribution in [0.5, 0.6) is 0 Å². The maximum atomic E-state index is 14.2. The lowest BCUT2D eigenvalue weighted by atomic mass is 9.93. The van der Waals surface area contributed by atoms with E-state index in [1.165, 1.54) is 12.0 Å². The molecular formula is C36H47N5O8. The lowest BCUT2D eigenvalue weighted by Gasteiger charge is -2.33. The quantitative estimate of drug-likeness (QED) is 0.181. The molecule has 13 nitrogen and oxygen atoms in total. The van der Waals surface area contributed by atoms with Crippen molar-refractivity contribution in [1.82, 2.24) is 10.2 Å². The molecule has 1 saturated heterocycles. The average Bonchev–Trinajstić information content (AvgIpc) is 2.98. The van der Waals surface area contributed by atoms with Crippen molar-refractivity contribution in [1.29, 1.82) is 0 Å². The Morgan fingerprint density at radius 1 is 0.918 bits per heavy atom. The highest BCUT2D eigenvalue weighted by atomic mass is 16.6. The molecule has 1 aliphatic heterocycles. The van der Waals surface area contributed by atoms with E-state index in [1.54, 1.807) is 65.8 Å². The normalized spacial score (nSPS) is 15.7. The Labute approximate surface area is 287 Å². The number of ether oxygens (including phenoxy) is 4. The Morgan fingerprint density at radius 2 is 1.47 bits per heavy atom. The number of imide groups is 1. The van der Waals surface area contributed by atoms with E-state index in [0.717, 1.165) is 11.1 Å². The summed E-state index contributed by atoms with van der Waals surface area (Å²) in [7, 11) is 1.37. The summed E-state index contributed by atoms with van der Waals surface area (Å²) in [5, 5.41) is 2.87. The van der Waals surface area contributed by atoms with Crippen LogP contribution in [0.15, 0.2) is 83.4 Å². The van der Waals surface area contributed by atoms with Crippen LogP contribution in [0.1, 0.15) is 72.9 Å². The van der Waals surface area contributed by atoms with Gasteiger partial charge in [0.25, 0.3) is 5.91 Å². The van der Waals surface area contributed by atoms with E-state index in [4.69, 9.17) is 24.7 Å². The fourth-order valence-corrected chi connectivity index (χ4v) is 4.66. The van der Waals surface area contributed by atoms with Crippen molar-refractivity contribution >= 4 is 35.6 Å². The summed E-state index contributed by atoms with van der Waals surface area (Å²) in [4.78, 5) is 59.8. The van der Waals surface area contributed by atoms with E-state index < -0.39 is 46.7 Å². The third kappa shape index (κ3) is 10.6. The molecule has 4 amide bonds. The van der Waals surface area contributed by atoms with Gasteiger partial charge < -0.3 is 34.9 Å². The number of benzene rings is 2. The Morgan fingerprint density at radius 3 is 1.98 bits per heavy atom. The van der Waals surface area contributed by atoms with Crippen LogP contribution in [0, 0.1) is 0 Å². The Kier molecular flexibility index (Phi) is 11.9. The van der Waals surface area contributed by atoms with Gasteiger partial charge in [-0.05, 0) is 85.2 Å². The van der Waals surface area contributed by atoms with E-state index in [1.807, 2.05) is 44.2 Å². The molecule has 0 bridgehead atoms. The van der Waals surface area contributed by atoms with Crippen LogP contribution >= 0.6 is 0 Å². The third-order valence-corrected chi connectivity index (χ3v) is 6.99. The second kappa shape index (κ2) is 15.3. The van der Waals surface area contributed by atoms with Crippen molar-refractivity contribution in [2.75, 3.05) is 18.6 Å². The van der Waals surface area contributed by atoms with Gasteiger partial charge in [-0.2, -0.15) is 4.90 Å². The predicted octanol–water partition coefficient (Wildman–Crippen LogP) is 6.49. The number of hydrogen-bond donors (Lipinski definition) is 2. The zero-order valence-electron chi connectivity index (χ0n) is 29.7. The van der Waals surface area contributed by atoms with Crippen LogP contribution in [-0.2, 0) is 35.9 Å². The number of anilines is 1. The summed E-state index contributed by atoms with van der Waals surface area (Å²) in [6, 6.07) is 16.3. The molecule has 0 unspecified atom stereocenters. The first-order chi connectivity index (χ1) is 22.7. The number of carbonyl (C=O) groups is 4. The first kappa shape index (κ1) is 38.1. The summed E-state index contributed by atoms with van der Waals surface area (Å²) >= 11 is 0. The molecule has 0 radical (unpaired) electrons. The number of nitrogens with one attached hydrogen (secondary N) is 1. The van der Waals surface area contributed by atoms with Crippen LogP contribution in [0.25, 0.3) is 0 Å². The van der Waals surface area contributed by atoms with Crippen LogP contribution in [-0.4, -0.2) is 59.7 Å². The molecule has 49 heavy (non-hydrogen) atoms. The van der Waals surface area contributed by atoms with Gasteiger partial charge in [0.05, 0.1) is 18.4 Å². The number of amides is 4. The summed E-state index contributed by atoms with van der Waals surface area (Å²) in [5.41, 5.74) is 5.70. The van der Waals surface area contributed by atoms with Gasteiger partial charge in [0.15, 0.2) is 0 Å². The minimum Gasteiger partial charge on any atom is -0.481 e. The topological polar surface area (TPSA) is 162 Å². The summed E-state index contributed by atoms with van der Waals surface area (Å²) in [5.74, 6) is -1.18. The van der Waals surface area contributed by atoms with Crippen LogP contribution in [0.3, 0.4) is 0 Å². The van der Waals surface area contributed by atoms with Gasteiger partial charge in [0.2, 0.25) is 5.88 Å². The van der Waals surface area contributed by atoms with Crippen molar-refractivity contribution in [3.05, 3.63) is 89.6 Å². The first-order valence-electron chi connectivity index (χ1n) is 15.7. The molecule has 0 spiro atoms. The molecule has 0 saturated carbocycles. The van der Waals surface area contributed by atoms with Crippen LogP contribution in [0.2, 0.25) is 0 Å². The molecule has 2 aromatic rings. The molecule has 0 atom stereocenters. The molecule has 13 heteroatoms. The molecule has 1 heterocycles. The highest BCUT2D eigenvalue weighted by molar-refractivity contribution is 6.29. The van der Waals surface area contributed by atoms with Gasteiger partial charge in [0.1, 0.15) is 29.2 Å². The fraction of sp³-hybridized carbons (Fsp3) is 0.417. The highest BCUT2D eigenvalue weighted by Crippen LogP contribution is 2.29. The van der Waals surface area contributed by atoms with Gasteiger partial charge >= 0.3 is 18.3 Å². The van der Waals surface area contributed by atoms with Gasteiger partial charge in [-0.3, -0.25) is 4.79 Å². The average molecular weight is 678 g/mol. The summed E-state index contributed by atoms with van der Waals surface area (Å²) < 4.78 is 21.4. The molecule has 264 valence electrons. The molecule has 0 aromatic heterocycles. The van der Waals surface area contributed by atoms with Gasteiger partial charge in [-0.1, -0.05) is 42.5 Å². The largest absolute Gasteiger partial charge is 0.481 e. The molecule has 3 rings (SSSR count). The monoisotopic (exact) mass is 677 g/mol. The number of nitrogens with zero attached hydrogens (tertiary/aromatic N) is 3. The number of nitrogens with two attached hydrogens (primary N) is 1. The van der Waals surface area contributed by atoms with E-state index in [-0.39, 0.29) is 36.7 Å². The zero-order valence-corrected chi connectivity index (χ0v) is 29.7. The number of alkyl carbamates (subject to hydrolysis) is 1. The first-order valence-corrected chi connectivity index (χ1v) is 15.7. The minimum absolute atomic E-state index is 0.0102. The Hall–Kier alpha value is -5.33. The molecule has 1 aliphatic rings. The highest BCUT2D eigenvalue weighted by Gasteiger charge is 2.40. The second-order valence-corrected chi connectivity index (χ2v) is 13.8. The number of hydrogen-bond acceptors (Lipinski definition) is 10. The maximum absolute atomic E-state index is 14.2. The van der Waals surface area contributed by atoms with Crippen molar-refractivity contribution in [2.45, 2.75) is 85.2 Å².